The summed E-state index contributed by atoms with van der Waals surface area (Å²) >= 11 is 0. The number of aryl methyl sites for hydroxylation is 2. The van der Waals surface area contributed by atoms with Gasteiger partial charge in [0.05, 0.1) is 17.6 Å². The molecule has 1 unspecified atom stereocenters. The third kappa shape index (κ3) is 4.53. The van der Waals surface area contributed by atoms with Gasteiger partial charge in [-0.05, 0) is 66.9 Å². The zero-order valence-corrected chi connectivity index (χ0v) is 19.5. The molecule has 0 radical (unpaired) electrons. The van der Waals surface area contributed by atoms with Gasteiger partial charge in [-0.2, -0.15) is 0 Å². The van der Waals surface area contributed by atoms with Crippen LogP contribution in [0.5, 0.6) is 5.75 Å². The van der Waals surface area contributed by atoms with E-state index in [2.05, 4.69) is 36.6 Å². The third-order valence-corrected chi connectivity index (χ3v) is 6.61. The molecule has 1 aliphatic rings. The smallest absolute Gasteiger partial charge is 0.223 e. The Balaban J connectivity index is 1.34. The molecule has 0 bridgehead atoms. The summed E-state index contributed by atoms with van der Waals surface area (Å²) in [5.74, 6) is 1.60. The molecule has 1 aliphatic heterocycles. The summed E-state index contributed by atoms with van der Waals surface area (Å²) in [7, 11) is 0. The molecule has 2 heterocycles. The fourth-order valence-electron chi connectivity index (χ4n) is 4.61. The van der Waals surface area contributed by atoms with Gasteiger partial charge in [-0.15, -0.1) is 0 Å². The molecule has 1 fully saturated rings. The van der Waals surface area contributed by atoms with Crippen LogP contribution >= 0.6 is 0 Å². The Kier molecular flexibility index (Phi) is 6.05. The fourth-order valence-corrected chi connectivity index (χ4v) is 4.61. The minimum atomic E-state index is -0.272. The van der Waals surface area contributed by atoms with E-state index in [4.69, 9.17) is 9.72 Å². The molecule has 6 heteroatoms. The first kappa shape index (κ1) is 22.1. The second-order valence-electron chi connectivity index (χ2n) is 9.01. The van der Waals surface area contributed by atoms with Gasteiger partial charge in [0.25, 0.3) is 0 Å². The number of benzene rings is 3. The number of nitrogens with zero attached hydrogens (tertiary/aromatic N) is 3. The Bertz CT molecular complexity index is 1330. The van der Waals surface area contributed by atoms with Crippen molar-refractivity contribution in [3.63, 3.8) is 0 Å². The molecule has 0 N–H and O–H groups in total. The van der Waals surface area contributed by atoms with Crippen LogP contribution < -0.4 is 4.74 Å². The molecule has 1 saturated heterocycles. The summed E-state index contributed by atoms with van der Waals surface area (Å²) in [6, 6.07) is 20.5. The number of fused-ring (bicyclic) bond motifs is 1. The predicted octanol–water partition coefficient (Wildman–Crippen LogP) is 5.39. The first-order valence-corrected chi connectivity index (χ1v) is 11.7. The number of halogens is 1. The second kappa shape index (κ2) is 9.29. The molecule has 174 valence electrons. The number of carbonyl (C=O) groups is 1. The van der Waals surface area contributed by atoms with Gasteiger partial charge in [-0.3, -0.25) is 4.79 Å². The van der Waals surface area contributed by atoms with Crippen molar-refractivity contribution in [2.24, 2.45) is 0 Å². The van der Waals surface area contributed by atoms with Crippen LogP contribution in [0.25, 0.3) is 11.0 Å². The summed E-state index contributed by atoms with van der Waals surface area (Å²) in [6.07, 6.45) is 0.419. The number of ether oxygens (including phenoxy) is 1. The highest BCUT2D eigenvalue weighted by Gasteiger charge is 2.34. The van der Waals surface area contributed by atoms with Crippen LogP contribution in [0.4, 0.5) is 4.39 Å². The zero-order chi connectivity index (χ0) is 23.7. The molecule has 34 heavy (non-hydrogen) atoms. The molecule has 0 spiro atoms. The number of imidazole rings is 1. The van der Waals surface area contributed by atoms with Gasteiger partial charge in [0.2, 0.25) is 5.91 Å². The minimum Gasteiger partial charge on any atom is -0.492 e. The Morgan fingerprint density at radius 3 is 2.62 bits per heavy atom. The van der Waals surface area contributed by atoms with Gasteiger partial charge in [0, 0.05) is 25.4 Å². The maximum atomic E-state index is 13.3. The van der Waals surface area contributed by atoms with E-state index in [-0.39, 0.29) is 17.6 Å². The summed E-state index contributed by atoms with van der Waals surface area (Å²) in [5, 5.41) is 0. The number of aromatic nitrogens is 2. The number of hydrogen-bond donors (Lipinski definition) is 0. The normalized spacial score (nSPS) is 15.9. The third-order valence-electron chi connectivity index (χ3n) is 6.61. The van der Waals surface area contributed by atoms with Crippen LogP contribution in [0.15, 0.2) is 66.7 Å². The van der Waals surface area contributed by atoms with E-state index in [1.807, 2.05) is 29.2 Å². The van der Waals surface area contributed by atoms with Crippen LogP contribution in [-0.2, 0) is 17.9 Å². The highest BCUT2D eigenvalue weighted by Crippen LogP contribution is 2.31. The highest BCUT2D eigenvalue weighted by molar-refractivity contribution is 5.81. The SMILES string of the molecule is Cc1ccc(OCCn2c(C3CC(=O)N(Cc4ccc(F)cc4)C3)nc3ccccc32)cc1C. The van der Waals surface area contributed by atoms with Gasteiger partial charge >= 0.3 is 0 Å². The fraction of sp³-hybridized carbons (Fsp3) is 0.286. The Labute approximate surface area is 198 Å². The maximum absolute atomic E-state index is 13.3. The van der Waals surface area contributed by atoms with Crippen LogP contribution in [0.2, 0.25) is 0 Å². The molecule has 1 amide bonds. The van der Waals surface area contributed by atoms with Gasteiger partial charge in [0.15, 0.2) is 0 Å². The van der Waals surface area contributed by atoms with Crippen molar-refractivity contribution in [1.82, 2.24) is 14.5 Å². The Morgan fingerprint density at radius 1 is 1.03 bits per heavy atom. The van der Waals surface area contributed by atoms with E-state index in [9.17, 15) is 9.18 Å². The number of likely N-dealkylation sites (tertiary alicyclic amines) is 1. The van der Waals surface area contributed by atoms with Gasteiger partial charge < -0.3 is 14.2 Å². The van der Waals surface area contributed by atoms with Crippen LogP contribution in [-0.4, -0.2) is 33.5 Å². The predicted molar refractivity (Wildman–Crippen MR) is 130 cm³/mol. The molecule has 3 aromatic carbocycles. The van der Waals surface area contributed by atoms with Crippen molar-refractivity contribution >= 4 is 16.9 Å². The maximum Gasteiger partial charge on any atom is 0.223 e. The quantitative estimate of drug-likeness (QED) is 0.374. The number of carbonyl (C=O) groups excluding carboxylic acids is 1. The summed E-state index contributed by atoms with van der Waals surface area (Å²) in [6.45, 7) is 6.40. The van der Waals surface area contributed by atoms with Crippen molar-refractivity contribution in [2.45, 2.75) is 39.3 Å². The first-order chi connectivity index (χ1) is 16.5. The lowest BCUT2D eigenvalue weighted by Crippen LogP contribution is -2.24. The summed E-state index contributed by atoms with van der Waals surface area (Å²) in [5.41, 5.74) is 5.34. The van der Waals surface area contributed by atoms with Gasteiger partial charge in [0.1, 0.15) is 24.0 Å². The van der Waals surface area contributed by atoms with Crippen LogP contribution in [0.1, 0.15) is 34.9 Å². The van der Waals surface area contributed by atoms with E-state index >= 15 is 0 Å². The number of rotatable bonds is 7. The minimum absolute atomic E-state index is 0.00182. The summed E-state index contributed by atoms with van der Waals surface area (Å²) in [4.78, 5) is 19.6. The largest absolute Gasteiger partial charge is 0.492 e. The molecule has 4 aromatic rings. The van der Waals surface area contributed by atoms with E-state index in [0.29, 0.717) is 32.7 Å². The second-order valence-corrected chi connectivity index (χ2v) is 9.01. The van der Waals surface area contributed by atoms with Gasteiger partial charge in [-0.1, -0.05) is 30.3 Å². The summed E-state index contributed by atoms with van der Waals surface area (Å²) < 4.78 is 21.5. The topological polar surface area (TPSA) is 47.4 Å². The lowest BCUT2D eigenvalue weighted by atomic mass is 10.1. The van der Waals surface area contributed by atoms with Gasteiger partial charge in [-0.25, -0.2) is 9.37 Å². The lowest BCUT2D eigenvalue weighted by molar-refractivity contribution is -0.128. The van der Waals surface area contributed by atoms with E-state index in [1.54, 1.807) is 12.1 Å². The van der Waals surface area contributed by atoms with Crippen LogP contribution in [0, 0.1) is 19.7 Å². The van der Waals surface area contributed by atoms with E-state index in [0.717, 1.165) is 28.2 Å². The highest BCUT2D eigenvalue weighted by atomic mass is 19.1. The van der Waals surface area contributed by atoms with Crippen molar-refractivity contribution in [1.29, 1.82) is 0 Å². The lowest BCUT2D eigenvalue weighted by Gasteiger charge is -2.18. The molecule has 5 rings (SSSR count). The Morgan fingerprint density at radius 2 is 1.82 bits per heavy atom. The van der Waals surface area contributed by atoms with Crippen molar-refractivity contribution < 1.29 is 13.9 Å². The van der Waals surface area contributed by atoms with Crippen LogP contribution in [0.3, 0.4) is 0 Å². The number of hydrogen-bond acceptors (Lipinski definition) is 3. The monoisotopic (exact) mass is 457 g/mol. The standard InChI is InChI=1S/C28H28FN3O2/c1-19-7-12-24(15-20(19)2)34-14-13-32-26-6-4-3-5-25(26)30-28(32)22-16-27(33)31(18-22)17-21-8-10-23(29)11-9-21/h3-12,15,22H,13-14,16-18H2,1-2H3. The number of amides is 1. The average Bonchev–Trinajstić information content (AvgIpc) is 3.38. The van der Waals surface area contributed by atoms with Crippen molar-refractivity contribution in [2.75, 3.05) is 13.2 Å². The number of para-hydroxylation sites is 2. The molecule has 1 atom stereocenters. The molecular formula is C28H28FN3O2. The zero-order valence-electron chi connectivity index (χ0n) is 19.5. The molecular weight excluding hydrogens is 429 g/mol. The Hall–Kier alpha value is -3.67. The van der Waals surface area contributed by atoms with E-state index in [1.165, 1.54) is 23.3 Å². The van der Waals surface area contributed by atoms with Crippen molar-refractivity contribution in [3.05, 3.63) is 95.1 Å². The van der Waals surface area contributed by atoms with Crippen molar-refractivity contribution in [3.8, 4) is 5.75 Å². The average molecular weight is 458 g/mol. The molecule has 0 aliphatic carbocycles. The molecule has 5 nitrogen and oxygen atoms in total. The first-order valence-electron chi connectivity index (χ1n) is 11.7. The molecule has 0 saturated carbocycles. The molecule has 1 aromatic heterocycles. The van der Waals surface area contributed by atoms with E-state index < -0.39 is 0 Å².